The van der Waals surface area contributed by atoms with Crippen LogP contribution in [0.4, 0.5) is 0 Å². The molecule has 1 N–H and O–H groups in total. The van der Waals surface area contributed by atoms with Crippen LogP contribution in [0.2, 0.25) is 0 Å². The summed E-state index contributed by atoms with van der Waals surface area (Å²) in [6, 6.07) is 4.93. The highest BCUT2D eigenvalue weighted by atomic mass is 32.2. The van der Waals surface area contributed by atoms with E-state index in [-0.39, 0.29) is 11.9 Å². The predicted molar refractivity (Wildman–Crippen MR) is 101 cm³/mol. The van der Waals surface area contributed by atoms with Gasteiger partial charge >= 0.3 is 0 Å². The third-order valence-corrected chi connectivity index (χ3v) is 6.82. The van der Waals surface area contributed by atoms with Gasteiger partial charge in [-0.3, -0.25) is 9.69 Å². The normalized spacial score (nSPS) is 17.8. The van der Waals surface area contributed by atoms with Crippen molar-refractivity contribution in [2.24, 2.45) is 0 Å². The fraction of sp³-hybridized carbons (Fsp3) is 0.611. The van der Waals surface area contributed by atoms with E-state index in [0.717, 1.165) is 11.1 Å². The molecule has 1 saturated heterocycles. The Morgan fingerprint density at radius 2 is 1.85 bits per heavy atom. The number of aryl methyl sites for hydroxylation is 2. The minimum atomic E-state index is -3.50. The Balaban J connectivity index is 1.96. The molecule has 0 radical (unpaired) electrons. The van der Waals surface area contributed by atoms with Gasteiger partial charge in [0.15, 0.2) is 0 Å². The first-order chi connectivity index (χ1) is 12.3. The topological polar surface area (TPSA) is 79.0 Å². The van der Waals surface area contributed by atoms with Crippen molar-refractivity contribution in [2.45, 2.75) is 31.7 Å². The summed E-state index contributed by atoms with van der Waals surface area (Å²) in [7, 11) is -1.91. The van der Waals surface area contributed by atoms with E-state index in [1.807, 2.05) is 31.7 Å². The lowest BCUT2D eigenvalue weighted by Crippen LogP contribution is -2.55. The third-order valence-electron chi connectivity index (χ3n) is 4.92. The second-order valence-electron chi connectivity index (χ2n) is 6.65. The molecule has 2 rings (SSSR count). The fourth-order valence-electron chi connectivity index (χ4n) is 2.94. The molecule has 1 amide bonds. The van der Waals surface area contributed by atoms with Crippen LogP contribution in [0.3, 0.4) is 0 Å². The molecule has 0 aliphatic carbocycles. The van der Waals surface area contributed by atoms with E-state index in [1.54, 1.807) is 19.2 Å². The van der Waals surface area contributed by atoms with Gasteiger partial charge in [0, 0.05) is 39.8 Å². The molecule has 1 aromatic rings. The van der Waals surface area contributed by atoms with Crippen LogP contribution in [0, 0.1) is 13.8 Å². The number of carbonyl (C=O) groups is 1. The van der Waals surface area contributed by atoms with Gasteiger partial charge in [0.05, 0.1) is 17.5 Å². The maximum absolute atomic E-state index is 12.8. The number of amides is 1. The summed E-state index contributed by atoms with van der Waals surface area (Å²) in [5, 5.41) is 2.82. The molecular formula is C18H29N3O4S. The number of hydrogen-bond acceptors (Lipinski definition) is 5. The summed E-state index contributed by atoms with van der Waals surface area (Å²) >= 11 is 0. The number of nitrogens with zero attached hydrogens (tertiary/aromatic N) is 2. The summed E-state index contributed by atoms with van der Waals surface area (Å²) in [5.74, 6) is -0.0625. The molecule has 0 spiro atoms. The van der Waals surface area contributed by atoms with Gasteiger partial charge in [0.2, 0.25) is 15.9 Å². The van der Waals surface area contributed by atoms with Crippen molar-refractivity contribution in [2.75, 3.05) is 46.4 Å². The van der Waals surface area contributed by atoms with Crippen LogP contribution in [0.25, 0.3) is 0 Å². The number of carbonyl (C=O) groups excluding carboxylic acids is 1. The van der Waals surface area contributed by atoms with Crippen molar-refractivity contribution in [3.8, 4) is 0 Å². The largest absolute Gasteiger partial charge is 0.383 e. The number of methoxy groups -OCH3 is 1. The molecule has 1 aromatic carbocycles. The van der Waals surface area contributed by atoms with E-state index in [1.165, 1.54) is 4.31 Å². The van der Waals surface area contributed by atoms with Crippen molar-refractivity contribution in [1.82, 2.24) is 14.5 Å². The molecular weight excluding hydrogens is 354 g/mol. The summed E-state index contributed by atoms with van der Waals surface area (Å²) in [4.78, 5) is 14.5. The minimum absolute atomic E-state index is 0.0625. The standard InChI is InChI=1S/C18H29N3O4S/c1-14-5-6-17(13-15(14)2)26(23,24)21-10-8-20(9-11-21)16(3)18(22)19-7-12-25-4/h5-6,13,16H,7-12H2,1-4H3,(H,19,22). The van der Waals surface area contributed by atoms with Crippen LogP contribution in [-0.4, -0.2) is 76.0 Å². The van der Waals surface area contributed by atoms with E-state index in [9.17, 15) is 13.2 Å². The predicted octanol–water partition coefficient (Wildman–Crippen LogP) is 0.761. The lowest BCUT2D eigenvalue weighted by atomic mass is 10.1. The molecule has 8 heteroatoms. The van der Waals surface area contributed by atoms with E-state index in [2.05, 4.69) is 5.32 Å². The van der Waals surface area contributed by atoms with E-state index >= 15 is 0 Å². The van der Waals surface area contributed by atoms with Gasteiger partial charge in [0.1, 0.15) is 0 Å². The minimum Gasteiger partial charge on any atom is -0.383 e. The lowest BCUT2D eigenvalue weighted by molar-refractivity contribution is -0.126. The second-order valence-corrected chi connectivity index (χ2v) is 8.58. The van der Waals surface area contributed by atoms with Gasteiger partial charge in [-0.15, -0.1) is 0 Å². The average Bonchev–Trinajstić information content (AvgIpc) is 2.63. The monoisotopic (exact) mass is 383 g/mol. The molecule has 7 nitrogen and oxygen atoms in total. The first-order valence-electron chi connectivity index (χ1n) is 8.85. The summed E-state index contributed by atoms with van der Waals surface area (Å²) in [6.07, 6.45) is 0. The molecule has 1 aliphatic rings. The molecule has 1 aliphatic heterocycles. The highest BCUT2D eigenvalue weighted by Crippen LogP contribution is 2.21. The highest BCUT2D eigenvalue weighted by Gasteiger charge is 2.31. The van der Waals surface area contributed by atoms with Gasteiger partial charge in [-0.2, -0.15) is 4.31 Å². The number of rotatable bonds is 7. The van der Waals surface area contributed by atoms with Crippen LogP contribution in [0.15, 0.2) is 23.1 Å². The van der Waals surface area contributed by atoms with Crippen LogP contribution >= 0.6 is 0 Å². The Morgan fingerprint density at radius 3 is 2.42 bits per heavy atom. The zero-order valence-electron chi connectivity index (χ0n) is 16.0. The van der Waals surface area contributed by atoms with Gasteiger partial charge in [-0.05, 0) is 44.0 Å². The molecule has 1 fully saturated rings. The number of nitrogens with one attached hydrogen (secondary N) is 1. The number of benzene rings is 1. The fourth-order valence-corrected chi connectivity index (χ4v) is 4.45. The Morgan fingerprint density at radius 1 is 1.19 bits per heavy atom. The van der Waals surface area contributed by atoms with E-state index in [0.29, 0.717) is 44.2 Å². The van der Waals surface area contributed by atoms with Crippen LogP contribution in [0.1, 0.15) is 18.1 Å². The molecule has 1 heterocycles. The Bertz CT molecular complexity index is 728. The third kappa shape index (κ3) is 4.82. The van der Waals surface area contributed by atoms with Gasteiger partial charge in [-0.1, -0.05) is 6.07 Å². The van der Waals surface area contributed by atoms with Gasteiger partial charge in [0.25, 0.3) is 0 Å². The zero-order valence-corrected chi connectivity index (χ0v) is 16.8. The van der Waals surface area contributed by atoms with Crippen molar-refractivity contribution >= 4 is 15.9 Å². The van der Waals surface area contributed by atoms with Crippen LogP contribution < -0.4 is 5.32 Å². The summed E-state index contributed by atoms with van der Waals surface area (Å²) < 4.78 is 32.1. The molecule has 0 bridgehead atoms. The van der Waals surface area contributed by atoms with Crippen LogP contribution in [-0.2, 0) is 19.6 Å². The lowest BCUT2D eigenvalue weighted by Gasteiger charge is -2.36. The molecule has 0 aromatic heterocycles. The Hall–Kier alpha value is -1.48. The maximum Gasteiger partial charge on any atom is 0.243 e. The smallest absolute Gasteiger partial charge is 0.243 e. The van der Waals surface area contributed by atoms with E-state index in [4.69, 9.17) is 4.74 Å². The molecule has 1 unspecified atom stereocenters. The van der Waals surface area contributed by atoms with Gasteiger partial charge < -0.3 is 10.1 Å². The van der Waals surface area contributed by atoms with Crippen molar-refractivity contribution < 1.29 is 17.9 Å². The second kappa shape index (κ2) is 8.94. The quantitative estimate of drug-likeness (QED) is 0.704. The number of sulfonamides is 1. The summed E-state index contributed by atoms with van der Waals surface area (Å²) in [6.45, 7) is 8.48. The molecule has 0 saturated carbocycles. The van der Waals surface area contributed by atoms with E-state index < -0.39 is 10.0 Å². The first kappa shape index (κ1) is 20.8. The zero-order chi connectivity index (χ0) is 19.3. The van der Waals surface area contributed by atoms with Crippen LogP contribution in [0.5, 0.6) is 0 Å². The Labute approximate surface area is 156 Å². The van der Waals surface area contributed by atoms with Crippen molar-refractivity contribution in [3.05, 3.63) is 29.3 Å². The van der Waals surface area contributed by atoms with Crippen molar-refractivity contribution in [1.29, 1.82) is 0 Å². The molecule has 146 valence electrons. The number of ether oxygens (including phenoxy) is 1. The first-order valence-corrected chi connectivity index (χ1v) is 10.3. The Kier molecular flexibility index (Phi) is 7.16. The molecule has 1 atom stereocenters. The van der Waals surface area contributed by atoms with Gasteiger partial charge in [-0.25, -0.2) is 8.42 Å². The summed E-state index contributed by atoms with van der Waals surface area (Å²) in [5.41, 5.74) is 2.04. The number of hydrogen-bond donors (Lipinski definition) is 1. The highest BCUT2D eigenvalue weighted by molar-refractivity contribution is 7.89. The van der Waals surface area contributed by atoms with Crippen molar-refractivity contribution in [3.63, 3.8) is 0 Å². The number of piperazine rings is 1. The molecule has 26 heavy (non-hydrogen) atoms. The maximum atomic E-state index is 12.8. The average molecular weight is 384 g/mol. The SMILES string of the molecule is COCCNC(=O)C(C)N1CCN(S(=O)(=O)c2ccc(C)c(C)c2)CC1.